The molecular formula is C22H18ClN3O3. The van der Waals surface area contributed by atoms with E-state index in [1.165, 1.54) is 0 Å². The largest absolute Gasteiger partial charge is 0.482 e. The second-order valence-corrected chi connectivity index (χ2v) is 6.94. The van der Waals surface area contributed by atoms with Gasteiger partial charge in [-0.2, -0.15) is 0 Å². The Morgan fingerprint density at radius 3 is 2.76 bits per heavy atom. The van der Waals surface area contributed by atoms with E-state index in [4.69, 9.17) is 16.3 Å². The first-order valence-electron chi connectivity index (χ1n) is 9.04. The van der Waals surface area contributed by atoms with E-state index in [0.717, 1.165) is 11.3 Å². The van der Waals surface area contributed by atoms with Crippen LogP contribution in [0, 0.1) is 0 Å². The normalized spacial score (nSPS) is 12.4. The molecule has 0 aliphatic carbocycles. The van der Waals surface area contributed by atoms with Crippen molar-refractivity contribution in [2.24, 2.45) is 0 Å². The fourth-order valence-corrected chi connectivity index (χ4v) is 3.21. The number of hydrogen-bond donors (Lipinski definition) is 3. The summed E-state index contributed by atoms with van der Waals surface area (Å²) in [5.74, 6) is 0.221. The van der Waals surface area contributed by atoms with Crippen LogP contribution in [0.25, 0.3) is 0 Å². The number of carbonyl (C=O) groups excluding carboxylic acids is 2. The summed E-state index contributed by atoms with van der Waals surface area (Å²) in [7, 11) is 0. The lowest BCUT2D eigenvalue weighted by Gasteiger charge is -2.19. The molecule has 0 atom stereocenters. The van der Waals surface area contributed by atoms with E-state index in [9.17, 15) is 9.59 Å². The molecule has 0 spiro atoms. The minimum atomic E-state index is -0.255. The van der Waals surface area contributed by atoms with Gasteiger partial charge in [0.1, 0.15) is 5.75 Å². The van der Waals surface area contributed by atoms with Crippen LogP contribution in [0.1, 0.15) is 15.9 Å². The highest BCUT2D eigenvalue weighted by Crippen LogP contribution is 2.30. The van der Waals surface area contributed by atoms with Crippen molar-refractivity contribution in [3.05, 3.63) is 82.9 Å². The number of benzene rings is 3. The Morgan fingerprint density at radius 2 is 1.90 bits per heavy atom. The van der Waals surface area contributed by atoms with Gasteiger partial charge in [-0.15, -0.1) is 0 Å². The second-order valence-electron chi connectivity index (χ2n) is 6.54. The lowest BCUT2D eigenvalue weighted by Crippen LogP contribution is -2.25. The van der Waals surface area contributed by atoms with Crippen LogP contribution in [-0.4, -0.2) is 18.4 Å². The average molecular weight is 408 g/mol. The number of hydrogen-bond acceptors (Lipinski definition) is 4. The van der Waals surface area contributed by atoms with Crippen molar-refractivity contribution in [1.29, 1.82) is 0 Å². The Morgan fingerprint density at radius 1 is 1.03 bits per heavy atom. The molecule has 0 fully saturated rings. The van der Waals surface area contributed by atoms with Gasteiger partial charge < -0.3 is 20.7 Å². The van der Waals surface area contributed by atoms with E-state index in [0.29, 0.717) is 34.3 Å². The first-order valence-corrected chi connectivity index (χ1v) is 9.42. The molecule has 0 aromatic heterocycles. The summed E-state index contributed by atoms with van der Waals surface area (Å²) in [4.78, 5) is 23.8. The molecule has 2 amide bonds. The van der Waals surface area contributed by atoms with Crippen LogP contribution in [0.4, 0.5) is 17.1 Å². The molecule has 0 saturated heterocycles. The van der Waals surface area contributed by atoms with Gasteiger partial charge in [0.25, 0.3) is 11.8 Å². The summed E-state index contributed by atoms with van der Waals surface area (Å²) in [5, 5.41) is 9.36. The summed E-state index contributed by atoms with van der Waals surface area (Å²) in [6.07, 6.45) is 0. The van der Waals surface area contributed by atoms with Crippen LogP contribution in [0.2, 0.25) is 5.02 Å². The third kappa shape index (κ3) is 4.50. The molecule has 0 radical (unpaired) electrons. The van der Waals surface area contributed by atoms with Crippen LogP contribution < -0.4 is 20.7 Å². The van der Waals surface area contributed by atoms with Gasteiger partial charge in [-0.05, 0) is 42.0 Å². The SMILES string of the molecule is O=C1COc2cc(NCc3cccc(NC(=O)c4ccccc4Cl)c3)ccc2N1. The van der Waals surface area contributed by atoms with Gasteiger partial charge in [0.2, 0.25) is 0 Å². The first kappa shape index (κ1) is 18.8. The number of anilines is 3. The molecule has 6 nitrogen and oxygen atoms in total. The molecule has 1 aliphatic rings. The molecule has 0 bridgehead atoms. The monoisotopic (exact) mass is 407 g/mol. The second kappa shape index (κ2) is 8.24. The average Bonchev–Trinajstić information content (AvgIpc) is 2.73. The molecule has 3 N–H and O–H groups in total. The Bertz CT molecular complexity index is 1080. The van der Waals surface area contributed by atoms with Gasteiger partial charge in [-0.1, -0.05) is 35.9 Å². The van der Waals surface area contributed by atoms with Crippen molar-refractivity contribution in [1.82, 2.24) is 0 Å². The van der Waals surface area contributed by atoms with Crippen molar-refractivity contribution in [3.63, 3.8) is 0 Å². The van der Waals surface area contributed by atoms with Crippen molar-refractivity contribution in [3.8, 4) is 5.75 Å². The predicted octanol–water partition coefficient (Wildman–Crippen LogP) is 4.54. The summed E-state index contributed by atoms with van der Waals surface area (Å²) < 4.78 is 5.43. The first-order chi connectivity index (χ1) is 14.1. The maximum Gasteiger partial charge on any atom is 0.262 e. The van der Waals surface area contributed by atoms with Gasteiger partial charge in [-0.25, -0.2) is 0 Å². The molecule has 0 unspecified atom stereocenters. The van der Waals surface area contributed by atoms with E-state index in [1.54, 1.807) is 30.3 Å². The Labute approximate surface area is 172 Å². The Kier molecular flexibility index (Phi) is 5.35. The van der Waals surface area contributed by atoms with Crippen LogP contribution in [0.15, 0.2) is 66.7 Å². The van der Waals surface area contributed by atoms with Crippen molar-refractivity contribution >= 4 is 40.5 Å². The highest BCUT2D eigenvalue weighted by Gasteiger charge is 2.16. The van der Waals surface area contributed by atoms with Gasteiger partial charge in [0.15, 0.2) is 6.61 Å². The van der Waals surface area contributed by atoms with E-state index < -0.39 is 0 Å². The Balaban J connectivity index is 1.41. The van der Waals surface area contributed by atoms with Crippen LogP contribution in [0.5, 0.6) is 5.75 Å². The van der Waals surface area contributed by atoms with Crippen LogP contribution in [-0.2, 0) is 11.3 Å². The highest BCUT2D eigenvalue weighted by atomic mass is 35.5. The van der Waals surface area contributed by atoms with Crippen molar-refractivity contribution in [2.75, 3.05) is 22.6 Å². The summed E-state index contributed by atoms with van der Waals surface area (Å²) in [5.41, 5.74) is 3.64. The molecule has 0 saturated carbocycles. The molecule has 146 valence electrons. The molecule has 3 aromatic rings. The standard InChI is InChI=1S/C22H18ClN3O3/c23-18-7-2-1-6-17(18)22(28)25-16-5-3-4-14(10-16)12-24-15-8-9-19-20(11-15)29-13-21(27)26-19/h1-11,24H,12-13H2,(H,25,28)(H,26,27). The minimum absolute atomic E-state index is 0.0175. The summed E-state index contributed by atoms with van der Waals surface area (Å²) >= 11 is 6.09. The fraction of sp³-hybridized carbons (Fsp3) is 0.0909. The maximum atomic E-state index is 12.4. The number of ether oxygens (including phenoxy) is 1. The number of amides is 2. The van der Waals surface area contributed by atoms with Gasteiger partial charge in [0, 0.05) is 24.0 Å². The van der Waals surface area contributed by atoms with Gasteiger partial charge in [0.05, 0.1) is 16.3 Å². The van der Waals surface area contributed by atoms with Gasteiger partial charge in [-0.3, -0.25) is 9.59 Å². The quantitative estimate of drug-likeness (QED) is 0.580. The topological polar surface area (TPSA) is 79.5 Å². The molecular weight excluding hydrogens is 390 g/mol. The molecule has 1 heterocycles. The molecule has 4 rings (SSSR count). The molecule has 7 heteroatoms. The van der Waals surface area contributed by atoms with Crippen LogP contribution in [0.3, 0.4) is 0 Å². The lowest BCUT2D eigenvalue weighted by molar-refractivity contribution is -0.118. The highest BCUT2D eigenvalue weighted by molar-refractivity contribution is 6.34. The van der Waals surface area contributed by atoms with E-state index in [1.807, 2.05) is 36.4 Å². The number of halogens is 1. The van der Waals surface area contributed by atoms with Crippen molar-refractivity contribution in [2.45, 2.75) is 6.54 Å². The predicted molar refractivity (Wildman–Crippen MR) is 114 cm³/mol. The van der Waals surface area contributed by atoms with E-state index >= 15 is 0 Å². The third-order valence-electron chi connectivity index (χ3n) is 4.41. The number of fused-ring (bicyclic) bond motifs is 1. The zero-order valence-corrected chi connectivity index (χ0v) is 16.1. The van der Waals surface area contributed by atoms with E-state index in [2.05, 4.69) is 16.0 Å². The van der Waals surface area contributed by atoms with Gasteiger partial charge >= 0.3 is 0 Å². The zero-order valence-electron chi connectivity index (χ0n) is 15.4. The summed E-state index contributed by atoms with van der Waals surface area (Å²) in [6.45, 7) is 0.574. The summed E-state index contributed by atoms with van der Waals surface area (Å²) in [6, 6.07) is 20.0. The van der Waals surface area contributed by atoms with E-state index in [-0.39, 0.29) is 18.4 Å². The number of carbonyl (C=O) groups is 2. The molecule has 3 aromatic carbocycles. The van der Waals surface area contributed by atoms with Crippen molar-refractivity contribution < 1.29 is 14.3 Å². The molecule has 29 heavy (non-hydrogen) atoms. The fourth-order valence-electron chi connectivity index (χ4n) is 2.99. The lowest BCUT2D eigenvalue weighted by atomic mass is 10.1. The number of nitrogens with one attached hydrogen (secondary N) is 3. The van der Waals surface area contributed by atoms with Crippen LogP contribution >= 0.6 is 11.6 Å². The number of rotatable bonds is 5. The minimum Gasteiger partial charge on any atom is -0.482 e. The molecule has 1 aliphatic heterocycles. The smallest absolute Gasteiger partial charge is 0.262 e. The Hall–Kier alpha value is -3.51. The maximum absolute atomic E-state index is 12.4. The zero-order chi connectivity index (χ0) is 20.2. The third-order valence-corrected chi connectivity index (χ3v) is 4.74.